The second kappa shape index (κ2) is 13.6. The minimum atomic E-state index is -0.979. The van der Waals surface area contributed by atoms with Gasteiger partial charge in [-0.25, -0.2) is 4.79 Å². The highest BCUT2D eigenvalue weighted by Crippen LogP contribution is 2.25. The molecule has 0 saturated heterocycles. The Bertz CT molecular complexity index is 842. The third kappa shape index (κ3) is 10.2. The number of benzene rings is 1. The summed E-state index contributed by atoms with van der Waals surface area (Å²) in [7, 11) is 1.23. The quantitative estimate of drug-likeness (QED) is 0.374. The molecule has 0 spiro atoms. The van der Waals surface area contributed by atoms with E-state index in [9.17, 15) is 19.2 Å². The number of unbranched alkanes of at least 4 members (excludes halogenated alkanes) is 2. The van der Waals surface area contributed by atoms with Crippen LogP contribution in [0.1, 0.15) is 69.7 Å². The van der Waals surface area contributed by atoms with Crippen LogP contribution in [0.3, 0.4) is 0 Å². The van der Waals surface area contributed by atoms with Crippen molar-refractivity contribution in [3.8, 4) is 0 Å². The molecule has 0 fully saturated rings. The summed E-state index contributed by atoms with van der Waals surface area (Å²) in [5.74, 6) is -1.53. The summed E-state index contributed by atoms with van der Waals surface area (Å²) in [5, 5.41) is 5.05. The number of carbonyl (C=O) groups excluding carboxylic acids is 4. The summed E-state index contributed by atoms with van der Waals surface area (Å²) in [4.78, 5) is 51.7. The molecule has 0 aliphatic carbocycles. The van der Waals surface area contributed by atoms with E-state index < -0.39 is 35.5 Å². The molecule has 1 rings (SSSR count). The molecule has 0 radical (unpaired) electrons. The molecule has 34 heavy (non-hydrogen) atoms. The van der Waals surface area contributed by atoms with Gasteiger partial charge in [-0.2, -0.15) is 0 Å². The fourth-order valence-electron chi connectivity index (χ4n) is 3.46. The molecular formula is C25H39N3O6. The number of hydrogen-bond donors (Lipinski definition) is 2. The molecule has 9 heteroatoms. The molecule has 1 atom stereocenters. The summed E-state index contributed by atoms with van der Waals surface area (Å²) in [5.41, 5.74) is 1.80. The van der Waals surface area contributed by atoms with Crippen molar-refractivity contribution in [2.45, 2.75) is 72.4 Å². The highest BCUT2D eigenvalue weighted by Gasteiger charge is 2.32. The Labute approximate surface area is 202 Å². The summed E-state index contributed by atoms with van der Waals surface area (Å²) < 4.78 is 9.84. The van der Waals surface area contributed by atoms with E-state index in [2.05, 4.69) is 15.4 Å². The van der Waals surface area contributed by atoms with Crippen LogP contribution in [-0.4, -0.2) is 61.1 Å². The Morgan fingerprint density at radius 3 is 2.12 bits per heavy atom. The largest absolute Gasteiger partial charge is 0.468 e. The predicted molar refractivity (Wildman–Crippen MR) is 129 cm³/mol. The lowest BCUT2D eigenvalue weighted by Gasteiger charge is -2.32. The first-order valence-corrected chi connectivity index (χ1v) is 11.6. The van der Waals surface area contributed by atoms with Gasteiger partial charge in [-0.1, -0.05) is 49.1 Å². The van der Waals surface area contributed by atoms with Crippen LogP contribution in [0.2, 0.25) is 0 Å². The number of rotatable bonds is 11. The van der Waals surface area contributed by atoms with E-state index in [4.69, 9.17) is 4.74 Å². The second-order valence-corrected chi connectivity index (χ2v) is 9.27. The number of nitrogens with zero attached hydrogens (tertiary/aromatic N) is 1. The number of nitrogens with one attached hydrogen (secondary N) is 2. The van der Waals surface area contributed by atoms with Crippen LogP contribution in [0.25, 0.3) is 0 Å². The van der Waals surface area contributed by atoms with Crippen molar-refractivity contribution in [2.24, 2.45) is 0 Å². The SMILES string of the molecule is CCCCCN(C(=O)CNC(=O)OC(C)(C)C)C(C(=O)NCC(=O)OC)c1cc(C)cc(C)c1. The monoisotopic (exact) mass is 477 g/mol. The first-order chi connectivity index (χ1) is 15.9. The number of aryl methyl sites for hydroxylation is 2. The number of carbonyl (C=O) groups is 4. The lowest BCUT2D eigenvalue weighted by atomic mass is 9.98. The third-order valence-electron chi connectivity index (χ3n) is 4.86. The van der Waals surface area contributed by atoms with Gasteiger partial charge >= 0.3 is 12.1 Å². The molecule has 3 amide bonds. The van der Waals surface area contributed by atoms with Crippen molar-refractivity contribution in [3.05, 3.63) is 34.9 Å². The summed E-state index contributed by atoms with van der Waals surface area (Å²) in [6.45, 7) is 10.7. The maximum absolute atomic E-state index is 13.3. The molecule has 1 aromatic rings. The lowest BCUT2D eigenvalue weighted by Crippen LogP contribution is -2.48. The van der Waals surface area contributed by atoms with Crippen molar-refractivity contribution in [2.75, 3.05) is 26.7 Å². The average Bonchev–Trinajstić information content (AvgIpc) is 2.73. The molecule has 1 unspecified atom stereocenters. The first-order valence-electron chi connectivity index (χ1n) is 11.6. The first kappa shape index (κ1) is 28.9. The average molecular weight is 478 g/mol. The predicted octanol–water partition coefficient (Wildman–Crippen LogP) is 3.18. The zero-order chi connectivity index (χ0) is 25.9. The summed E-state index contributed by atoms with van der Waals surface area (Å²) in [6, 6.07) is 4.68. The summed E-state index contributed by atoms with van der Waals surface area (Å²) >= 11 is 0. The Kier molecular flexibility index (Phi) is 11.5. The van der Waals surface area contributed by atoms with Crippen LogP contribution in [0.15, 0.2) is 18.2 Å². The Hall–Kier alpha value is -3.10. The molecule has 0 aliphatic heterocycles. The van der Waals surface area contributed by atoms with Crippen LogP contribution in [0, 0.1) is 13.8 Å². The zero-order valence-corrected chi connectivity index (χ0v) is 21.4. The van der Waals surface area contributed by atoms with Crippen LogP contribution >= 0.6 is 0 Å². The van der Waals surface area contributed by atoms with Gasteiger partial charge in [0.25, 0.3) is 0 Å². The Morgan fingerprint density at radius 2 is 1.59 bits per heavy atom. The van der Waals surface area contributed by atoms with Gasteiger partial charge < -0.3 is 25.0 Å². The van der Waals surface area contributed by atoms with Crippen molar-refractivity contribution in [1.29, 1.82) is 0 Å². The van der Waals surface area contributed by atoms with Gasteiger partial charge in [0.1, 0.15) is 24.7 Å². The van der Waals surface area contributed by atoms with Gasteiger partial charge in [0, 0.05) is 6.54 Å². The van der Waals surface area contributed by atoms with Crippen molar-refractivity contribution >= 4 is 23.9 Å². The van der Waals surface area contributed by atoms with Gasteiger partial charge in [-0.05, 0) is 46.6 Å². The number of ether oxygens (including phenoxy) is 2. The molecular weight excluding hydrogens is 438 g/mol. The van der Waals surface area contributed by atoms with Crippen LogP contribution in [0.5, 0.6) is 0 Å². The minimum absolute atomic E-state index is 0.311. The maximum atomic E-state index is 13.3. The topological polar surface area (TPSA) is 114 Å². The normalized spacial score (nSPS) is 11.9. The van der Waals surface area contributed by atoms with Gasteiger partial charge in [-0.15, -0.1) is 0 Å². The second-order valence-electron chi connectivity index (χ2n) is 9.27. The smallest absolute Gasteiger partial charge is 0.408 e. The fraction of sp³-hybridized carbons (Fsp3) is 0.600. The molecule has 190 valence electrons. The Morgan fingerprint density at radius 1 is 0.971 bits per heavy atom. The van der Waals surface area contributed by atoms with E-state index in [-0.39, 0.29) is 13.1 Å². The maximum Gasteiger partial charge on any atom is 0.408 e. The molecule has 0 heterocycles. The minimum Gasteiger partial charge on any atom is -0.468 e. The van der Waals surface area contributed by atoms with E-state index >= 15 is 0 Å². The number of hydrogen-bond acceptors (Lipinski definition) is 6. The molecule has 1 aromatic carbocycles. The van der Waals surface area contributed by atoms with E-state index in [1.54, 1.807) is 20.8 Å². The van der Waals surface area contributed by atoms with E-state index in [0.29, 0.717) is 18.5 Å². The lowest BCUT2D eigenvalue weighted by molar-refractivity contribution is -0.143. The van der Waals surface area contributed by atoms with Gasteiger partial charge in [-0.3, -0.25) is 14.4 Å². The Balaban J connectivity index is 3.26. The van der Waals surface area contributed by atoms with Crippen LogP contribution in [0.4, 0.5) is 4.79 Å². The molecule has 0 aromatic heterocycles. The van der Waals surface area contributed by atoms with Gasteiger partial charge in [0.2, 0.25) is 11.8 Å². The van der Waals surface area contributed by atoms with Crippen LogP contribution in [-0.2, 0) is 23.9 Å². The number of methoxy groups -OCH3 is 1. The van der Waals surface area contributed by atoms with E-state index in [1.807, 2.05) is 39.0 Å². The van der Waals surface area contributed by atoms with E-state index in [0.717, 1.165) is 24.0 Å². The van der Waals surface area contributed by atoms with Crippen molar-refractivity contribution < 1.29 is 28.7 Å². The van der Waals surface area contributed by atoms with Gasteiger partial charge in [0.05, 0.1) is 7.11 Å². The molecule has 9 nitrogen and oxygen atoms in total. The molecule has 0 saturated carbocycles. The highest BCUT2D eigenvalue weighted by atomic mass is 16.6. The summed E-state index contributed by atoms with van der Waals surface area (Å²) in [6.07, 6.45) is 1.76. The molecule has 0 aliphatic rings. The highest BCUT2D eigenvalue weighted by molar-refractivity contribution is 5.92. The third-order valence-corrected chi connectivity index (χ3v) is 4.86. The fourth-order valence-corrected chi connectivity index (χ4v) is 3.46. The van der Waals surface area contributed by atoms with Crippen molar-refractivity contribution in [1.82, 2.24) is 15.5 Å². The van der Waals surface area contributed by atoms with Crippen LogP contribution < -0.4 is 10.6 Å². The van der Waals surface area contributed by atoms with Gasteiger partial charge in [0.15, 0.2) is 0 Å². The molecule has 0 bridgehead atoms. The zero-order valence-electron chi connectivity index (χ0n) is 21.4. The number of alkyl carbamates (subject to hydrolysis) is 1. The van der Waals surface area contributed by atoms with Crippen molar-refractivity contribution in [3.63, 3.8) is 0 Å². The number of amides is 3. The molecule has 2 N–H and O–H groups in total. The standard InChI is InChI=1S/C25H39N3O6/c1-8-9-10-11-28(20(29)15-27-24(32)34-25(4,5)6)22(23(31)26-16-21(30)33-7)19-13-17(2)12-18(3)14-19/h12-14,22H,8-11,15-16H2,1-7H3,(H,26,31)(H,27,32). The van der Waals surface area contributed by atoms with E-state index in [1.165, 1.54) is 12.0 Å². The number of esters is 1.